The van der Waals surface area contributed by atoms with Gasteiger partial charge in [-0.05, 0) is 45.8 Å². The highest BCUT2D eigenvalue weighted by Gasteiger charge is 2.15. The molecule has 0 rings (SSSR count). The zero-order valence-electron chi connectivity index (χ0n) is 12.2. The lowest BCUT2D eigenvalue weighted by Crippen LogP contribution is -2.31. The Labute approximate surface area is 115 Å². The van der Waals surface area contributed by atoms with Crippen LogP contribution in [0, 0.1) is 0 Å². The Morgan fingerprint density at radius 1 is 1.37 bits per heavy atom. The maximum Gasteiger partial charge on any atom is 0.412 e. The van der Waals surface area contributed by atoms with E-state index < -0.39 is 11.7 Å². The third kappa shape index (κ3) is 9.83. The third-order valence-corrected chi connectivity index (χ3v) is 1.95. The molecular weight excluding hydrogens is 242 g/mol. The zero-order valence-corrected chi connectivity index (χ0v) is 12.2. The molecule has 0 aromatic rings. The molecule has 0 aliphatic heterocycles. The molecule has 0 saturated heterocycles. The number of alkyl carbamates (subject to hydrolysis) is 1. The number of rotatable bonds is 6. The van der Waals surface area contributed by atoms with Crippen molar-refractivity contribution in [1.29, 1.82) is 0 Å². The second kappa shape index (κ2) is 8.29. The van der Waals surface area contributed by atoms with Gasteiger partial charge in [-0.25, -0.2) is 4.79 Å². The summed E-state index contributed by atoms with van der Waals surface area (Å²) in [6.45, 7) is 11.0. The number of ether oxygens (including phenoxy) is 1. The van der Waals surface area contributed by atoms with E-state index >= 15 is 0 Å². The van der Waals surface area contributed by atoms with Crippen LogP contribution in [0.15, 0.2) is 36.1 Å². The fourth-order valence-electron chi connectivity index (χ4n) is 1.34. The third-order valence-electron chi connectivity index (χ3n) is 1.95. The number of amides is 1. The van der Waals surface area contributed by atoms with E-state index in [1.807, 2.05) is 19.1 Å². The highest BCUT2D eigenvalue weighted by molar-refractivity contribution is 5.70. The molecule has 19 heavy (non-hydrogen) atoms. The quantitative estimate of drug-likeness (QED) is 0.590. The molecule has 1 amide bonds. The minimum absolute atomic E-state index is 0.438. The molecule has 0 heterocycles. The van der Waals surface area contributed by atoms with Crippen LogP contribution in [0.2, 0.25) is 0 Å². The molecule has 0 fully saturated rings. The van der Waals surface area contributed by atoms with Crippen molar-refractivity contribution in [3.63, 3.8) is 0 Å². The van der Waals surface area contributed by atoms with Gasteiger partial charge in [0.05, 0.1) is 0 Å². The molecule has 0 saturated carbocycles. The Morgan fingerprint density at radius 3 is 2.47 bits per heavy atom. The number of carbonyl (C=O) groups is 2. The van der Waals surface area contributed by atoms with Gasteiger partial charge in [-0.1, -0.05) is 18.7 Å². The highest BCUT2D eigenvalue weighted by atomic mass is 16.6. The van der Waals surface area contributed by atoms with Gasteiger partial charge in [0.25, 0.3) is 0 Å². The van der Waals surface area contributed by atoms with Crippen molar-refractivity contribution >= 4 is 12.4 Å². The topological polar surface area (TPSA) is 55.4 Å². The molecule has 0 radical (unpaired) electrons. The molecule has 0 unspecified atom stereocenters. The SMILES string of the molecule is C=C(/C=C(\C=C/C)CCC=O)NC(=O)OC(C)(C)C. The minimum Gasteiger partial charge on any atom is -0.444 e. The van der Waals surface area contributed by atoms with E-state index in [2.05, 4.69) is 11.9 Å². The zero-order chi connectivity index (χ0) is 14.9. The number of hydrogen-bond donors (Lipinski definition) is 1. The average Bonchev–Trinajstić information content (AvgIpc) is 2.23. The summed E-state index contributed by atoms with van der Waals surface area (Å²) in [5, 5.41) is 2.55. The van der Waals surface area contributed by atoms with Crippen LogP contribution in [0.3, 0.4) is 0 Å². The molecular formula is C15H23NO3. The standard InChI is InChI=1S/C15H23NO3/c1-6-8-13(9-7-10-17)11-12(2)16-14(18)19-15(3,4)5/h6,8,10-11H,2,7,9H2,1,3-5H3,(H,16,18)/b8-6-,13-11+. The first-order chi connectivity index (χ1) is 8.78. The van der Waals surface area contributed by atoms with E-state index in [1.165, 1.54) is 0 Å². The van der Waals surface area contributed by atoms with E-state index in [1.54, 1.807) is 26.8 Å². The van der Waals surface area contributed by atoms with E-state index in [9.17, 15) is 9.59 Å². The Bertz CT molecular complexity index is 387. The van der Waals surface area contributed by atoms with Crippen LogP contribution in [-0.2, 0) is 9.53 Å². The Balaban J connectivity index is 4.53. The molecule has 4 nitrogen and oxygen atoms in total. The summed E-state index contributed by atoms with van der Waals surface area (Å²) in [5.74, 6) is 0. The molecule has 0 bridgehead atoms. The van der Waals surface area contributed by atoms with E-state index in [4.69, 9.17) is 4.74 Å². The molecule has 1 N–H and O–H groups in total. The molecule has 4 heteroatoms. The summed E-state index contributed by atoms with van der Waals surface area (Å²) in [6.07, 6.45) is 6.86. The van der Waals surface area contributed by atoms with Crippen molar-refractivity contribution in [2.75, 3.05) is 0 Å². The summed E-state index contributed by atoms with van der Waals surface area (Å²) in [6, 6.07) is 0. The van der Waals surface area contributed by atoms with Crippen LogP contribution in [0.5, 0.6) is 0 Å². The summed E-state index contributed by atoms with van der Waals surface area (Å²) in [7, 11) is 0. The maximum atomic E-state index is 11.5. The smallest absolute Gasteiger partial charge is 0.412 e. The van der Waals surface area contributed by atoms with Gasteiger partial charge in [-0.2, -0.15) is 0 Å². The highest BCUT2D eigenvalue weighted by Crippen LogP contribution is 2.10. The molecule has 0 aliphatic rings. The Morgan fingerprint density at radius 2 is 2.00 bits per heavy atom. The van der Waals surface area contributed by atoms with Gasteiger partial charge in [0.2, 0.25) is 0 Å². The predicted octanol–water partition coefficient (Wildman–Crippen LogP) is 3.51. The largest absolute Gasteiger partial charge is 0.444 e. The Hall–Kier alpha value is -1.84. The van der Waals surface area contributed by atoms with Gasteiger partial charge < -0.3 is 9.53 Å². The number of allylic oxidation sites excluding steroid dienone is 4. The van der Waals surface area contributed by atoms with Crippen LogP contribution in [0.1, 0.15) is 40.5 Å². The maximum absolute atomic E-state index is 11.5. The fraction of sp³-hybridized carbons (Fsp3) is 0.467. The summed E-state index contributed by atoms with van der Waals surface area (Å²) in [5.41, 5.74) is 0.821. The number of aldehydes is 1. The van der Waals surface area contributed by atoms with Crippen LogP contribution in [-0.4, -0.2) is 18.0 Å². The lowest BCUT2D eigenvalue weighted by molar-refractivity contribution is -0.107. The summed E-state index contributed by atoms with van der Waals surface area (Å²) >= 11 is 0. The number of hydrogen-bond acceptors (Lipinski definition) is 3. The second-order valence-electron chi connectivity index (χ2n) is 5.08. The normalized spacial score (nSPS) is 12.3. The monoisotopic (exact) mass is 265 g/mol. The fourth-order valence-corrected chi connectivity index (χ4v) is 1.34. The van der Waals surface area contributed by atoms with Crippen LogP contribution in [0.25, 0.3) is 0 Å². The lowest BCUT2D eigenvalue weighted by atomic mass is 10.1. The first kappa shape index (κ1) is 17.2. The molecule has 0 aromatic carbocycles. The predicted molar refractivity (Wildman–Crippen MR) is 76.7 cm³/mol. The second-order valence-corrected chi connectivity index (χ2v) is 5.08. The van der Waals surface area contributed by atoms with Crippen molar-refractivity contribution in [3.05, 3.63) is 36.1 Å². The first-order valence-electron chi connectivity index (χ1n) is 6.24. The van der Waals surface area contributed by atoms with Crippen molar-refractivity contribution in [2.24, 2.45) is 0 Å². The summed E-state index contributed by atoms with van der Waals surface area (Å²) in [4.78, 5) is 21.9. The molecule has 0 spiro atoms. The van der Waals surface area contributed by atoms with Crippen molar-refractivity contribution < 1.29 is 14.3 Å². The molecule has 0 aliphatic carbocycles. The summed E-state index contributed by atoms with van der Waals surface area (Å²) < 4.78 is 5.12. The van der Waals surface area contributed by atoms with Gasteiger partial charge in [0, 0.05) is 12.1 Å². The van der Waals surface area contributed by atoms with E-state index in [0.29, 0.717) is 18.5 Å². The van der Waals surface area contributed by atoms with Gasteiger partial charge >= 0.3 is 6.09 Å². The molecule has 0 aromatic heterocycles. The number of nitrogens with one attached hydrogen (secondary N) is 1. The van der Waals surface area contributed by atoms with Gasteiger partial charge in [-0.15, -0.1) is 0 Å². The molecule has 106 valence electrons. The van der Waals surface area contributed by atoms with Gasteiger partial charge in [-0.3, -0.25) is 5.32 Å². The molecule has 0 atom stereocenters. The first-order valence-corrected chi connectivity index (χ1v) is 6.24. The van der Waals surface area contributed by atoms with Gasteiger partial charge in [0.1, 0.15) is 11.9 Å². The average molecular weight is 265 g/mol. The van der Waals surface area contributed by atoms with Gasteiger partial charge in [0.15, 0.2) is 0 Å². The minimum atomic E-state index is -0.544. The van der Waals surface area contributed by atoms with E-state index in [-0.39, 0.29) is 0 Å². The van der Waals surface area contributed by atoms with Crippen molar-refractivity contribution in [2.45, 2.75) is 46.1 Å². The van der Waals surface area contributed by atoms with Crippen molar-refractivity contribution in [3.8, 4) is 0 Å². The van der Waals surface area contributed by atoms with Crippen LogP contribution >= 0.6 is 0 Å². The number of carbonyl (C=O) groups excluding carboxylic acids is 2. The Kier molecular flexibility index (Phi) is 7.49. The van der Waals surface area contributed by atoms with E-state index in [0.717, 1.165) is 11.9 Å². The lowest BCUT2D eigenvalue weighted by Gasteiger charge is -2.19. The van der Waals surface area contributed by atoms with Crippen LogP contribution < -0.4 is 5.32 Å². The van der Waals surface area contributed by atoms with Crippen LogP contribution in [0.4, 0.5) is 4.79 Å². The van der Waals surface area contributed by atoms with Crippen molar-refractivity contribution in [1.82, 2.24) is 5.32 Å².